The molecule has 0 amide bonds. The molecule has 2 aromatic carbocycles. The van der Waals surface area contributed by atoms with Crippen molar-refractivity contribution in [3.63, 3.8) is 0 Å². The molecule has 8 nitrogen and oxygen atoms in total. The number of hydrogen-bond donors (Lipinski definition) is 2. The van der Waals surface area contributed by atoms with E-state index in [1.165, 1.54) is 0 Å². The van der Waals surface area contributed by atoms with E-state index in [9.17, 15) is 9.59 Å². The summed E-state index contributed by atoms with van der Waals surface area (Å²) >= 11 is 0. The van der Waals surface area contributed by atoms with Crippen molar-refractivity contribution in [2.24, 2.45) is 0 Å². The molecular weight excluding hydrogens is 697 g/mol. The Morgan fingerprint density at radius 2 is 0.964 bits per heavy atom. The highest BCUT2D eigenvalue weighted by atomic mass is 16.5. The van der Waals surface area contributed by atoms with Crippen LogP contribution in [-0.4, -0.2) is 45.1 Å². The second-order valence-corrected chi connectivity index (χ2v) is 16.5. The quantitative estimate of drug-likeness (QED) is 0.153. The van der Waals surface area contributed by atoms with Crippen LogP contribution < -0.4 is 0 Å². The van der Waals surface area contributed by atoms with Gasteiger partial charge < -0.3 is 19.4 Å². The van der Waals surface area contributed by atoms with E-state index in [-0.39, 0.29) is 36.0 Å². The minimum atomic E-state index is -0.384. The number of nitrogens with zero attached hydrogens (tertiary/aromatic N) is 2. The lowest BCUT2D eigenvalue weighted by molar-refractivity contribution is 0.0518. The van der Waals surface area contributed by atoms with Crippen molar-refractivity contribution < 1.29 is 19.1 Å². The number of fused-ring (bicyclic) bond motifs is 8. The molecule has 56 heavy (non-hydrogen) atoms. The minimum absolute atomic E-state index is 0.258. The Labute approximate surface area is 330 Å². The van der Waals surface area contributed by atoms with E-state index in [4.69, 9.17) is 19.4 Å². The van der Waals surface area contributed by atoms with Crippen molar-refractivity contribution in [2.75, 3.05) is 13.2 Å². The molecule has 7 rings (SSSR count). The highest BCUT2D eigenvalue weighted by molar-refractivity contribution is 6.07. The largest absolute Gasteiger partial charge is 0.462 e. The fourth-order valence-corrected chi connectivity index (χ4v) is 8.39. The topological polar surface area (TPSA) is 110 Å². The fraction of sp³-hybridized carbons (Fsp3) is 0.375. The highest BCUT2D eigenvalue weighted by Crippen LogP contribution is 2.43. The first-order valence-corrected chi connectivity index (χ1v) is 20.0. The van der Waals surface area contributed by atoms with Crippen molar-refractivity contribution in [1.29, 1.82) is 0 Å². The summed E-state index contributed by atoms with van der Waals surface area (Å²) in [5, 5.41) is 0. The summed E-state index contributed by atoms with van der Waals surface area (Å²) in [5.74, 6) is -0.724. The first-order chi connectivity index (χ1) is 26.7. The number of carbonyl (C=O) groups is 2. The van der Waals surface area contributed by atoms with Crippen molar-refractivity contribution in [3.8, 4) is 22.3 Å². The average Bonchev–Trinajstić information content (AvgIpc) is 3.86. The van der Waals surface area contributed by atoms with E-state index in [0.29, 0.717) is 47.8 Å². The van der Waals surface area contributed by atoms with E-state index >= 15 is 0 Å². The maximum atomic E-state index is 14.1. The van der Waals surface area contributed by atoms with Crippen LogP contribution in [0.2, 0.25) is 0 Å². The summed E-state index contributed by atoms with van der Waals surface area (Å²) in [6, 6.07) is 21.0. The van der Waals surface area contributed by atoms with Gasteiger partial charge in [0.05, 0.1) is 46.8 Å². The zero-order chi connectivity index (χ0) is 40.1. The number of aromatic amines is 2. The van der Waals surface area contributed by atoms with Gasteiger partial charge in [-0.25, -0.2) is 9.59 Å². The number of H-pyrrole nitrogens is 2. The number of benzene rings is 2. The number of esters is 2. The second kappa shape index (κ2) is 14.9. The lowest BCUT2D eigenvalue weighted by Gasteiger charge is -2.17. The zero-order valence-electron chi connectivity index (χ0n) is 34.5. The maximum absolute atomic E-state index is 14.1. The maximum Gasteiger partial charge on any atom is 0.340 e. The van der Waals surface area contributed by atoms with E-state index in [1.54, 1.807) is 0 Å². The number of aromatic nitrogens is 4. The smallest absolute Gasteiger partial charge is 0.340 e. The minimum Gasteiger partial charge on any atom is -0.462 e. The first-order valence-electron chi connectivity index (χ1n) is 20.0. The second-order valence-electron chi connectivity index (χ2n) is 16.5. The molecule has 0 unspecified atom stereocenters. The van der Waals surface area contributed by atoms with Gasteiger partial charge in [0.2, 0.25) is 0 Å². The van der Waals surface area contributed by atoms with Crippen molar-refractivity contribution in [3.05, 3.63) is 117 Å². The summed E-state index contributed by atoms with van der Waals surface area (Å²) in [6.45, 7) is 21.3. The number of carbonyl (C=O) groups excluding carboxylic acids is 2. The predicted octanol–water partition coefficient (Wildman–Crippen LogP) is 10.8. The molecule has 8 bridgehead atoms. The molecule has 0 radical (unpaired) electrons. The van der Waals surface area contributed by atoms with Crippen LogP contribution >= 0.6 is 0 Å². The molecule has 5 aromatic rings. The molecule has 290 valence electrons. The molecule has 2 aliphatic heterocycles. The fourth-order valence-electron chi connectivity index (χ4n) is 8.39. The Hall–Kier alpha value is -5.50. The van der Waals surface area contributed by atoms with Crippen LogP contribution in [-0.2, 0) is 46.0 Å². The van der Waals surface area contributed by atoms with Gasteiger partial charge in [0.15, 0.2) is 0 Å². The third kappa shape index (κ3) is 6.84. The summed E-state index contributed by atoms with van der Waals surface area (Å²) in [7, 11) is 0. The molecule has 5 heterocycles. The molecule has 0 saturated heterocycles. The van der Waals surface area contributed by atoms with Crippen LogP contribution in [0, 0.1) is 13.8 Å². The van der Waals surface area contributed by atoms with E-state index in [0.717, 1.165) is 78.3 Å². The van der Waals surface area contributed by atoms with Crippen LogP contribution in [0.25, 0.3) is 44.3 Å². The first kappa shape index (κ1) is 38.8. The normalized spacial score (nSPS) is 14.5. The molecule has 0 spiro atoms. The predicted molar refractivity (Wildman–Crippen MR) is 225 cm³/mol. The summed E-state index contributed by atoms with van der Waals surface area (Å²) in [6.07, 6.45) is 2.45. The van der Waals surface area contributed by atoms with Crippen molar-refractivity contribution in [1.82, 2.24) is 19.9 Å². The number of aryl methyl sites for hydroxylation is 4. The van der Waals surface area contributed by atoms with Gasteiger partial charge in [0, 0.05) is 57.2 Å². The molecule has 0 atom stereocenters. The van der Waals surface area contributed by atoms with Gasteiger partial charge in [0.25, 0.3) is 0 Å². The summed E-state index contributed by atoms with van der Waals surface area (Å²) < 4.78 is 11.6. The van der Waals surface area contributed by atoms with Gasteiger partial charge in [-0.3, -0.25) is 9.97 Å². The number of hydrogen-bond acceptors (Lipinski definition) is 6. The van der Waals surface area contributed by atoms with Crippen LogP contribution in [0.3, 0.4) is 0 Å². The molecule has 0 saturated carbocycles. The number of rotatable bonds is 8. The molecular formula is C48H54N4O4. The average molecular weight is 751 g/mol. The van der Waals surface area contributed by atoms with Gasteiger partial charge in [-0.15, -0.1) is 0 Å². The molecule has 0 fully saturated rings. The Bertz CT molecular complexity index is 2340. The number of ether oxygens (including phenoxy) is 2. The Morgan fingerprint density at radius 1 is 0.607 bits per heavy atom. The van der Waals surface area contributed by atoms with Gasteiger partial charge in [-0.2, -0.15) is 0 Å². The van der Waals surface area contributed by atoms with E-state index in [2.05, 4.69) is 126 Å². The molecule has 2 aliphatic rings. The van der Waals surface area contributed by atoms with Crippen LogP contribution in [0.15, 0.2) is 60.7 Å². The highest BCUT2D eigenvalue weighted by Gasteiger charge is 2.35. The Kier molecular flexibility index (Phi) is 10.3. The lowest BCUT2D eigenvalue weighted by atomic mass is 9.85. The van der Waals surface area contributed by atoms with Crippen LogP contribution in [0.1, 0.15) is 121 Å². The number of nitrogens with one attached hydrogen (secondary N) is 2. The molecule has 0 aliphatic carbocycles. The van der Waals surface area contributed by atoms with Crippen LogP contribution in [0.4, 0.5) is 0 Å². The lowest BCUT2D eigenvalue weighted by Crippen LogP contribution is -2.15. The summed E-state index contributed by atoms with van der Waals surface area (Å²) in [4.78, 5) is 46.7. The summed E-state index contributed by atoms with van der Waals surface area (Å²) in [5.41, 5.74) is 14.5. The molecule has 3 aromatic heterocycles. The van der Waals surface area contributed by atoms with E-state index < -0.39 is 0 Å². The van der Waals surface area contributed by atoms with Gasteiger partial charge in [0.1, 0.15) is 0 Å². The zero-order valence-corrected chi connectivity index (χ0v) is 34.5. The Morgan fingerprint density at radius 3 is 1.29 bits per heavy atom. The third-order valence-electron chi connectivity index (χ3n) is 11.4. The standard InChI is InChI=1S/C48H54N4O4/c1-11-31-33-23-37-47(7,8)26-36(49-37)40(30-21-17-28(6)18-22-30)44-42(46(54)56-14-4)32(12-2)34(52-44)24-38-48(9,10)25-35(50-38)39(29-19-15-27(5)16-20-29)43(51-33)41(31)45(53)55-13-3/h15-24,51-52H,11-14,25-26H2,1-10H3. The molecule has 2 N–H and O–H groups in total. The van der Waals surface area contributed by atoms with Crippen molar-refractivity contribution in [2.45, 2.75) is 106 Å². The van der Waals surface area contributed by atoms with Gasteiger partial charge in [-0.05, 0) is 74.9 Å². The SMILES string of the molecule is CCOC(=O)c1c(CC)c2cc3nc(c(-c4ccc(C)cc4)c4[nH]c(cc5nc(c(-c6ccc(C)cc6)c1[nH]2)CC5(C)C)c(CC)c4C(=O)OCC)CC3(C)C. The monoisotopic (exact) mass is 750 g/mol. The van der Waals surface area contributed by atoms with Crippen LogP contribution in [0.5, 0.6) is 0 Å². The third-order valence-corrected chi connectivity index (χ3v) is 11.4. The molecule has 8 heteroatoms. The van der Waals surface area contributed by atoms with Crippen molar-refractivity contribution >= 4 is 34.0 Å². The van der Waals surface area contributed by atoms with E-state index in [1.807, 2.05) is 13.8 Å². The van der Waals surface area contributed by atoms with Gasteiger partial charge >= 0.3 is 11.9 Å². The Balaban J connectivity index is 1.78. The van der Waals surface area contributed by atoms with Gasteiger partial charge in [-0.1, -0.05) is 101 Å².